The summed E-state index contributed by atoms with van der Waals surface area (Å²) in [7, 11) is 4.51. The van der Waals surface area contributed by atoms with Gasteiger partial charge in [0.15, 0.2) is 11.5 Å². The van der Waals surface area contributed by atoms with E-state index in [0.29, 0.717) is 5.82 Å². The van der Waals surface area contributed by atoms with Crippen LogP contribution < -0.4 is 10.2 Å². The molecule has 1 aromatic rings. The highest BCUT2D eigenvalue weighted by Gasteiger charge is 2.10. The molecule has 1 aromatic heterocycles. The topological polar surface area (TPSA) is 84.4 Å². The lowest BCUT2D eigenvalue weighted by atomic mass is 10.3. The summed E-state index contributed by atoms with van der Waals surface area (Å²) in [6, 6.07) is 3.15. The number of likely N-dealkylation sites (N-methyl/N-ethyl adjacent to an activating group) is 1. The van der Waals surface area contributed by atoms with Gasteiger partial charge in [0.2, 0.25) is 0 Å². The monoisotopic (exact) mass is 238 g/mol. The Labute approximate surface area is 98.8 Å². The lowest BCUT2D eigenvalue weighted by Gasteiger charge is -2.15. The summed E-state index contributed by atoms with van der Waals surface area (Å²) >= 11 is 0. The van der Waals surface area contributed by atoms with Gasteiger partial charge in [-0.2, -0.15) is 0 Å². The SMILES string of the molecule is CNC(=O)c1ccc(N(C)CC(=O)OC)nn1. The molecule has 7 nitrogen and oxygen atoms in total. The summed E-state index contributed by atoms with van der Waals surface area (Å²) in [5.74, 6) is -0.188. The molecule has 0 unspecified atom stereocenters. The molecule has 0 aromatic carbocycles. The molecular formula is C10H14N4O3. The minimum Gasteiger partial charge on any atom is -0.468 e. The third-order valence-corrected chi connectivity index (χ3v) is 2.10. The number of rotatable bonds is 4. The third-order valence-electron chi connectivity index (χ3n) is 2.10. The number of carbonyl (C=O) groups excluding carboxylic acids is 2. The van der Waals surface area contributed by atoms with Crippen LogP contribution in [-0.4, -0.2) is 49.8 Å². The molecular weight excluding hydrogens is 224 g/mol. The number of methoxy groups -OCH3 is 1. The van der Waals surface area contributed by atoms with Gasteiger partial charge in [-0.05, 0) is 12.1 Å². The van der Waals surface area contributed by atoms with E-state index >= 15 is 0 Å². The maximum atomic E-state index is 11.2. The van der Waals surface area contributed by atoms with Crippen LogP contribution in [0, 0.1) is 0 Å². The van der Waals surface area contributed by atoms with Crippen LogP contribution in [0.2, 0.25) is 0 Å². The van der Waals surface area contributed by atoms with Gasteiger partial charge in [-0.1, -0.05) is 0 Å². The summed E-state index contributed by atoms with van der Waals surface area (Å²) < 4.78 is 4.53. The summed E-state index contributed by atoms with van der Waals surface area (Å²) in [4.78, 5) is 23.8. The fourth-order valence-electron chi connectivity index (χ4n) is 1.12. The molecule has 0 saturated carbocycles. The molecule has 0 radical (unpaired) electrons. The molecule has 92 valence electrons. The molecule has 0 aliphatic heterocycles. The Morgan fingerprint density at radius 1 is 1.41 bits per heavy atom. The van der Waals surface area contributed by atoms with Gasteiger partial charge in [-0.3, -0.25) is 9.59 Å². The zero-order valence-electron chi connectivity index (χ0n) is 9.93. The first-order valence-electron chi connectivity index (χ1n) is 4.92. The minimum absolute atomic E-state index is 0.0739. The number of nitrogens with zero attached hydrogens (tertiary/aromatic N) is 3. The molecule has 0 bridgehead atoms. The van der Waals surface area contributed by atoms with Crippen LogP contribution in [0.15, 0.2) is 12.1 Å². The number of hydrogen-bond acceptors (Lipinski definition) is 6. The van der Waals surface area contributed by atoms with Gasteiger partial charge in [0.1, 0.15) is 6.54 Å². The zero-order chi connectivity index (χ0) is 12.8. The number of aromatic nitrogens is 2. The average Bonchev–Trinajstić information content (AvgIpc) is 2.37. The highest BCUT2D eigenvalue weighted by Crippen LogP contribution is 2.07. The lowest BCUT2D eigenvalue weighted by molar-refractivity contribution is -0.138. The molecule has 0 aliphatic rings. The second-order valence-corrected chi connectivity index (χ2v) is 3.29. The normalized spacial score (nSPS) is 9.59. The molecule has 1 heterocycles. The van der Waals surface area contributed by atoms with Gasteiger partial charge in [0, 0.05) is 14.1 Å². The third kappa shape index (κ3) is 3.40. The Morgan fingerprint density at radius 2 is 2.12 bits per heavy atom. The largest absolute Gasteiger partial charge is 0.468 e. The van der Waals surface area contributed by atoms with Gasteiger partial charge in [0.05, 0.1) is 7.11 Å². The number of nitrogens with one attached hydrogen (secondary N) is 1. The summed E-state index contributed by atoms with van der Waals surface area (Å²) in [6.07, 6.45) is 0. The number of hydrogen-bond donors (Lipinski definition) is 1. The van der Waals surface area contributed by atoms with Crippen LogP contribution in [0.4, 0.5) is 5.82 Å². The van der Waals surface area contributed by atoms with E-state index < -0.39 is 0 Å². The van der Waals surface area contributed by atoms with E-state index in [1.165, 1.54) is 20.2 Å². The first-order chi connectivity index (χ1) is 8.08. The number of esters is 1. The predicted octanol–water partition coefficient (Wildman–Crippen LogP) is -0.555. The Kier molecular flexibility index (Phi) is 4.38. The first-order valence-corrected chi connectivity index (χ1v) is 4.92. The van der Waals surface area contributed by atoms with Crippen molar-refractivity contribution in [2.45, 2.75) is 0 Å². The molecule has 1 rings (SSSR count). The zero-order valence-corrected chi connectivity index (χ0v) is 9.93. The second-order valence-electron chi connectivity index (χ2n) is 3.29. The van der Waals surface area contributed by atoms with E-state index in [0.717, 1.165) is 0 Å². The maximum absolute atomic E-state index is 11.2. The fourth-order valence-corrected chi connectivity index (χ4v) is 1.12. The summed E-state index contributed by atoms with van der Waals surface area (Å²) in [5, 5.41) is 10.0. The lowest BCUT2D eigenvalue weighted by Crippen LogP contribution is -2.28. The number of carbonyl (C=O) groups is 2. The van der Waals surface area contributed by atoms with E-state index in [4.69, 9.17) is 0 Å². The Hall–Kier alpha value is -2.18. The quantitative estimate of drug-likeness (QED) is 0.708. The van der Waals surface area contributed by atoms with Crippen molar-refractivity contribution >= 4 is 17.7 Å². The van der Waals surface area contributed by atoms with Crippen molar-refractivity contribution in [3.8, 4) is 0 Å². The maximum Gasteiger partial charge on any atom is 0.325 e. The van der Waals surface area contributed by atoms with Crippen molar-refractivity contribution in [2.75, 3.05) is 32.6 Å². The van der Waals surface area contributed by atoms with Gasteiger partial charge >= 0.3 is 5.97 Å². The van der Waals surface area contributed by atoms with Crippen LogP contribution in [0.5, 0.6) is 0 Å². The van der Waals surface area contributed by atoms with E-state index in [9.17, 15) is 9.59 Å². The first kappa shape index (κ1) is 12.9. The number of amides is 1. The number of anilines is 1. The van der Waals surface area contributed by atoms with Crippen molar-refractivity contribution in [2.24, 2.45) is 0 Å². The van der Waals surface area contributed by atoms with Crippen molar-refractivity contribution in [1.82, 2.24) is 15.5 Å². The van der Waals surface area contributed by atoms with Gasteiger partial charge in [0.25, 0.3) is 5.91 Å². The second kappa shape index (κ2) is 5.78. The van der Waals surface area contributed by atoms with Gasteiger partial charge in [-0.25, -0.2) is 0 Å². The van der Waals surface area contributed by atoms with Crippen molar-refractivity contribution < 1.29 is 14.3 Å². The predicted molar refractivity (Wildman–Crippen MR) is 60.7 cm³/mol. The molecule has 1 N–H and O–H groups in total. The smallest absolute Gasteiger partial charge is 0.325 e. The summed E-state index contributed by atoms with van der Waals surface area (Å²) in [6.45, 7) is 0.0739. The highest BCUT2D eigenvalue weighted by molar-refractivity contribution is 5.91. The van der Waals surface area contributed by atoms with Crippen molar-refractivity contribution in [3.63, 3.8) is 0 Å². The van der Waals surface area contributed by atoms with Crippen LogP contribution in [0.3, 0.4) is 0 Å². The van der Waals surface area contributed by atoms with Gasteiger partial charge < -0.3 is 15.0 Å². The molecule has 17 heavy (non-hydrogen) atoms. The van der Waals surface area contributed by atoms with Gasteiger partial charge in [-0.15, -0.1) is 10.2 Å². The molecule has 0 saturated heterocycles. The molecule has 0 aliphatic carbocycles. The number of ether oxygens (including phenoxy) is 1. The molecule has 7 heteroatoms. The minimum atomic E-state index is -0.371. The van der Waals surface area contributed by atoms with Crippen molar-refractivity contribution in [1.29, 1.82) is 0 Å². The van der Waals surface area contributed by atoms with Crippen LogP contribution in [0.1, 0.15) is 10.5 Å². The average molecular weight is 238 g/mol. The van der Waals surface area contributed by atoms with E-state index in [1.54, 1.807) is 18.0 Å². The molecule has 1 amide bonds. The Morgan fingerprint density at radius 3 is 2.59 bits per heavy atom. The highest BCUT2D eigenvalue weighted by atomic mass is 16.5. The summed E-state index contributed by atoms with van der Waals surface area (Å²) in [5.41, 5.74) is 0.225. The Bertz CT molecular complexity index is 405. The fraction of sp³-hybridized carbons (Fsp3) is 0.400. The molecule has 0 atom stereocenters. The van der Waals surface area contributed by atoms with Crippen LogP contribution in [-0.2, 0) is 9.53 Å². The van der Waals surface area contributed by atoms with Crippen molar-refractivity contribution in [3.05, 3.63) is 17.8 Å². The molecule has 0 spiro atoms. The molecule has 0 fully saturated rings. The van der Waals surface area contributed by atoms with Crippen LogP contribution >= 0.6 is 0 Å². The standard InChI is InChI=1S/C10H14N4O3/c1-11-10(16)7-4-5-8(13-12-7)14(2)6-9(15)17-3/h4-5H,6H2,1-3H3,(H,11,16). The van der Waals surface area contributed by atoms with E-state index in [1.807, 2.05) is 0 Å². The van der Waals surface area contributed by atoms with Crippen LogP contribution in [0.25, 0.3) is 0 Å². The van der Waals surface area contributed by atoms with E-state index in [-0.39, 0.29) is 24.1 Å². The van der Waals surface area contributed by atoms with E-state index in [2.05, 4.69) is 20.3 Å². The Balaban J connectivity index is 2.73.